The van der Waals surface area contributed by atoms with Gasteiger partial charge < -0.3 is 9.84 Å². The van der Waals surface area contributed by atoms with Gasteiger partial charge in [-0.1, -0.05) is 11.6 Å². The summed E-state index contributed by atoms with van der Waals surface area (Å²) in [5, 5.41) is 9.48. The van der Waals surface area contributed by atoms with Gasteiger partial charge in [-0.15, -0.1) is 0 Å². The summed E-state index contributed by atoms with van der Waals surface area (Å²) in [6.45, 7) is 2.98. The lowest BCUT2D eigenvalue weighted by molar-refractivity contribution is 0.138. The Morgan fingerprint density at radius 3 is 2.42 bits per heavy atom. The average Bonchev–Trinajstić information content (AvgIpc) is 2.37. The maximum atomic E-state index is 12.4. The number of hydrogen-bond acceptors (Lipinski definition) is 4. The fraction of sp³-hybridized carbons (Fsp3) is 0.500. The Morgan fingerprint density at radius 1 is 1.42 bits per heavy atom. The summed E-state index contributed by atoms with van der Waals surface area (Å²) in [6.07, 6.45) is 0. The molecule has 0 radical (unpaired) electrons. The van der Waals surface area contributed by atoms with Gasteiger partial charge in [0.1, 0.15) is 5.75 Å². The smallest absolute Gasteiger partial charge is 0.243 e. The third-order valence-electron chi connectivity index (χ3n) is 3.02. The van der Waals surface area contributed by atoms with Crippen molar-refractivity contribution in [2.75, 3.05) is 20.8 Å². The molecular formula is C12H18ClNO4S. The minimum absolute atomic E-state index is 0.0577. The van der Waals surface area contributed by atoms with Crippen LogP contribution in [0.5, 0.6) is 5.75 Å². The van der Waals surface area contributed by atoms with Crippen LogP contribution in [0.15, 0.2) is 23.1 Å². The highest BCUT2D eigenvalue weighted by Crippen LogP contribution is 2.29. The van der Waals surface area contributed by atoms with Gasteiger partial charge in [0, 0.05) is 7.05 Å². The number of benzene rings is 1. The second kappa shape index (κ2) is 5.66. The molecule has 1 rings (SSSR count). The number of likely N-dealkylation sites (N-methyl/N-ethyl adjacent to an activating group) is 1. The SMILES string of the molecule is COc1ccc(S(=O)(=O)N(C)C(C)(C)CO)cc1Cl. The first kappa shape index (κ1) is 16.2. The Labute approximate surface area is 118 Å². The summed E-state index contributed by atoms with van der Waals surface area (Å²) < 4.78 is 30.9. The molecule has 5 nitrogen and oxygen atoms in total. The summed E-state index contributed by atoms with van der Waals surface area (Å²) in [5.41, 5.74) is -0.898. The number of aliphatic hydroxyl groups is 1. The topological polar surface area (TPSA) is 66.8 Å². The van der Waals surface area contributed by atoms with Crippen LogP contribution in [0, 0.1) is 0 Å². The minimum atomic E-state index is -3.72. The van der Waals surface area contributed by atoms with E-state index in [1.54, 1.807) is 13.8 Å². The summed E-state index contributed by atoms with van der Waals surface area (Å²) >= 11 is 5.93. The van der Waals surface area contributed by atoms with E-state index in [-0.39, 0.29) is 16.5 Å². The van der Waals surface area contributed by atoms with E-state index in [0.29, 0.717) is 5.75 Å². The second-order valence-electron chi connectivity index (χ2n) is 4.74. The third kappa shape index (κ3) is 3.20. The molecule has 0 aliphatic rings. The molecule has 108 valence electrons. The summed E-state index contributed by atoms with van der Waals surface area (Å²) in [5.74, 6) is 0.407. The molecule has 0 saturated heterocycles. The van der Waals surface area contributed by atoms with Crippen molar-refractivity contribution in [1.82, 2.24) is 4.31 Å². The molecule has 1 aromatic rings. The molecule has 0 spiro atoms. The average molecular weight is 308 g/mol. The quantitative estimate of drug-likeness (QED) is 0.900. The van der Waals surface area contributed by atoms with Gasteiger partial charge in [0.15, 0.2) is 0 Å². The molecule has 0 bridgehead atoms. The van der Waals surface area contributed by atoms with Gasteiger partial charge in [-0.25, -0.2) is 8.42 Å². The van der Waals surface area contributed by atoms with Crippen molar-refractivity contribution >= 4 is 21.6 Å². The molecule has 7 heteroatoms. The van der Waals surface area contributed by atoms with Crippen molar-refractivity contribution in [3.8, 4) is 5.75 Å². The Bertz CT molecular complexity index is 557. The van der Waals surface area contributed by atoms with Crippen LogP contribution < -0.4 is 4.74 Å². The van der Waals surface area contributed by atoms with Gasteiger partial charge in [0.25, 0.3) is 0 Å². The van der Waals surface area contributed by atoms with Crippen LogP contribution in [0.1, 0.15) is 13.8 Å². The number of sulfonamides is 1. The maximum Gasteiger partial charge on any atom is 0.243 e. The maximum absolute atomic E-state index is 12.4. The Hall–Kier alpha value is -0.820. The summed E-state index contributed by atoms with van der Waals surface area (Å²) in [6, 6.07) is 4.25. The Kier molecular flexibility index (Phi) is 4.84. The van der Waals surface area contributed by atoms with Crippen molar-refractivity contribution in [2.45, 2.75) is 24.3 Å². The number of rotatable bonds is 5. The highest BCUT2D eigenvalue weighted by molar-refractivity contribution is 7.89. The van der Waals surface area contributed by atoms with Crippen molar-refractivity contribution in [1.29, 1.82) is 0 Å². The standard InChI is InChI=1S/C12H18ClNO4S/c1-12(2,8-15)14(3)19(16,17)9-5-6-11(18-4)10(13)7-9/h5-7,15H,8H2,1-4H3. The number of nitrogens with zero attached hydrogens (tertiary/aromatic N) is 1. The van der Waals surface area contributed by atoms with Gasteiger partial charge >= 0.3 is 0 Å². The van der Waals surface area contributed by atoms with Gasteiger partial charge in [-0.2, -0.15) is 4.31 Å². The number of aliphatic hydroxyl groups excluding tert-OH is 1. The minimum Gasteiger partial charge on any atom is -0.495 e. The number of methoxy groups -OCH3 is 1. The van der Waals surface area contributed by atoms with E-state index >= 15 is 0 Å². The molecule has 0 aliphatic carbocycles. The molecule has 0 unspecified atom stereocenters. The third-order valence-corrected chi connectivity index (χ3v) is 5.38. The van der Waals surface area contributed by atoms with Crippen molar-refractivity contribution in [3.63, 3.8) is 0 Å². The molecule has 0 aliphatic heterocycles. The molecule has 0 fully saturated rings. The number of hydrogen-bond donors (Lipinski definition) is 1. The fourth-order valence-electron chi connectivity index (χ4n) is 1.39. The molecule has 0 amide bonds. The molecule has 1 N–H and O–H groups in total. The van der Waals surface area contributed by atoms with Crippen molar-refractivity contribution in [2.24, 2.45) is 0 Å². The van der Waals surface area contributed by atoms with E-state index in [9.17, 15) is 13.5 Å². The number of halogens is 1. The lowest BCUT2D eigenvalue weighted by Crippen LogP contribution is -2.47. The monoisotopic (exact) mass is 307 g/mol. The van der Waals surface area contributed by atoms with Gasteiger partial charge in [0.2, 0.25) is 10.0 Å². The summed E-state index contributed by atoms with van der Waals surface area (Å²) in [7, 11) is -0.848. The van der Waals surface area contributed by atoms with Gasteiger partial charge in [-0.05, 0) is 32.0 Å². The van der Waals surface area contributed by atoms with E-state index in [4.69, 9.17) is 16.3 Å². The Balaban J connectivity index is 3.25. The Morgan fingerprint density at radius 2 is 2.00 bits per heavy atom. The van der Waals surface area contributed by atoms with Crippen LogP contribution in [0.4, 0.5) is 0 Å². The van der Waals surface area contributed by atoms with E-state index in [1.807, 2.05) is 0 Å². The highest BCUT2D eigenvalue weighted by atomic mass is 35.5. The molecule has 0 heterocycles. The van der Waals surface area contributed by atoms with Gasteiger partial charge in [-0.3, -0.25) is 0 Å². The summed E-state index contributed by atoms with van der Waals surface area (Å²) in [4.78, 5) is 0.0577. The molecule has 0 aromatic heterocycles. The highest BCUT2D eigenvalue weighted by Gasteiger charge is 2.33. The second-order valence-corrected chi connectivity index (χ2v) is 7.12. The first-order chi connectivity index (χ1) is 8.66. The van der Waals surface area contributed by atoms with E-state index < -0.39 is 15.6 Å². The first-order valence-electron chi connectivity index (χ1n) is 5.60. The largest absolute Gasteiger partial charge is 0.495 e. The van der Waals surface area contributed by atoms with E-state index in [1.165, 1.54) is 32.4 Å². The van der Waals surface area contributed by atoms with Crippen LogP contribution in [-0.4, -0.2) is 44.1 Å². The lowest BCUT2D eigenvalue weighted by atomic mass is 10.1. The normalized spacial score (nSPS) is 12.8. The molecule has 19 heavy (non-hydrogen) atoms. The van der Waals surface area contributed by atoms with E-state index in [2.05, 4.69) is 0 Å². The van der Waals surface area contributed by atoms with Crippen LogP contribution in [0.2, 0.25) is 5.02 Å². The van der Waals surface area contributed by atoms with Crippen LogP contribution in [0.25, 0.3) is 0 Å². The molecule has 0 saturated carbocycles. The zero-order valence-electron chi connectivity index (χ0n) is 11.3. The van der Waals surface area contributed by atoms with E-state index in [0.717, 1.165) is 4.31 Å². The van der Waals surface area contributed by atoms with Crippen LogP contribution >= 0.6 is 11.6 Å². The predicted octanol–water partition coefficient (Wildman–Crippen LogP) is 1.74. The molecule has 0 atom stereocenters. The van der Waals surface area contributed by atoms with Gasteiger partial charge in [0.05, 0.1) is 29.2 Å². The van der Waals surface area contributed by atoms with Crippen LogP contribution in [0.3, 0.4) is 0 Å². The molecular weight excluding hydrogens is 290 g/mol. The predicted molar refractivity (Wildman–Crippen MR) is 74.1 cm³/mol. The lowest BCUT2D eigenvalue weighted by Gasteiger charge is -2.32. The van der Waals surface area contributed by atoms with Crippen LogP contribution in [-0.2, 0) is 10.0 Å². The van der Waals surface area contributed by atoms with Crippen molar-refractivity contribution in [3.05, 3.63) is 23.2 Å². The number of ether oxygens (including phenoxy) is 1. The first-order valence-corrected chi connectivity index (χ1v) is 7.42. The van der Waals surface area contributed by atoms with Crippen molar-refractivity contribution < 1.29 is 18.3 Å². The fourth-order valence-corrected chi connectivity index (χ4v) is 3.24. The zero-order valence-corrected chi connectivity index (χ0v) is 12.9. The molecule has 1 aromatic carbocycles. The zero-order chi connectivity index (χ0) is 14.8.